The number of nitrogens with one attached hydrogen (secondary N) is 2. The van der Waals surface area contributed by atoms with Gasteiger partial charge in [0, 0.05) is 31.3 Å². The lowest BCUT2D eigenvalue weighted by molar-refractivity contribution is -0.137. The minimum Gasteiger partial charge on any atom is -0.481 e. The molecule has 0 bridgehead atoms. The summed E-state index contributed by atoms with van der Waals surface area (Å²) >= 11 is 0. The Morgan fingerprint density at radius 2 is 1.70 bits per heavy atom. The van der Waals surface area contributed by atoms with Crippen molar-refractivity contribution in [2.45, 2.75) is 45.1 Å². The molecule has 126 valence electrons. The van der Waals surface area contributed by atoms with Gasteiger partial charge in [0.25, 0.3) is 0 Å². The van der Waals surface area contributed by atoms with Crippen LogP contribution in [0.4, 0.5) is 0 Å². The van der Waals surface area contributed by atoms with Crippen LogP contribution in [0.1, 0.15) is 44.6 Å². The van der Waals surface area contributed by atoms with Gasteiger partial charge in [0.2, 0.25) is 11.8 Å². The second-order valence-electron chi connectivity index (χ2n) is 5.73. The lowest BCUT2D eigenvalue weighted by Gasteiger charge is -2.15. The fourth-order valence-electron chi connectivity index (χ4n) is 2.25. The summed E-state index contributed by atoms with van der Waals surface area (Å²) in [5.41, 5.74) is 0.822. The van der Waals surface area contributed by atoms with E-state index < -0.39 is 5.97 Å². The minimum atomic E-state index is -0.942. The molecule has 0 spiro atoms. The number of carbonyl (C=O) groups is 3. The molecule has 0 saturated carbocycles. The molecule has 0 aliphatic heterocycles. The molecule has 0 aliphatic rings. The number of rotatable bonds is 9. The highest BCUT2D eigenvalue weighted by molar-refractivity contribution is 5.80. The van der Waals surface area contributed by atoms with E-state index in [0.29, 0.717) is 0 Å². The van der Waals surface area contributed by atoms with Gasteiger partial charge in [-0.25, -0.2) is 0 Å². The third-order valence-electron chi connectivity index (χ3n) is 3.25. The van der Waals surface area contributed by atoms with Gasteiger partial charge >= 0.3 is 5.97 Å². The highest BCUT2D eigenvalue weighted by Crippen LogP contribution is 2.23. The summed E-state index contributed by atoms with van der Waals surface area (Å²) in [7, 11) is 0. The lowest BCUT2D eigenvalue weighted by atomic mass is 9.92. The fourth-order valence-corrected chi connectivity index (χ4v) is 2.25. The quantitative estimate of drug-likeness (QED) is 0.645. The molecule has 0 aromatic heterocycles. The van der Waals surface area contributed by atoms with Gasteiger partial charge in [-0.15, -0.1) is 0 Å². The van der Waals surface area contributed by atoms with E-state index in [4.69, 9.17) is 5.11 Å². The molecule has 0 saturated heterocycles. The third-order valence-corrected chi connectivity index (χ3v) is 3.25. The number of aliphatic carboxylic acids is 1. The Hall–Kier alpha value is -2.37. The molecule has 2 amide bonds. The molecule has 0 aliphatic carbocycles. The average molecular weight is 320 g/mol. The van der Waals surface area contributed by atoms with Crippen molar-refractivity contribution >= 4 is 17.8 Å². The van der Waals surface area contributed by atoms with Crippen LogP contribution >= 0.6 is 0 Å². The van der Waals surface area contributed by atoms with E-state index in [0.717, 1.165) is 5.56 Å². The first-order chi connectivity index (χ1) is 10.9. The topological polar surface area (TPSA) is 95.5 Å². The maximum absolute atomic E-state index is 12.0. The molecule has 1 aromatic rings. The van der Waals surface area contributed by atoms with E-state index in [1.54, 1.807) is 0 Å². The van der Waals surface area contributed by atoms with Crippen LogP contribution in [0.25, 0.3) is 0 Å². The lowest BCUT2D eigenvalue weighted by Crippen LogP contribution is -2.34. The minimum absolute atomic E-state index is 0.0660. The molecule has 0 heterocycles. The highest BCUT2D eigenvalue weighted by atomic mass is 16.4. The first-order valence-corrected chi connectivity index (χ1v) is 7.71. The highest BCUT2D eigenvalue weighted by Gasteiger charge is 2.19. The predicted molar refractivity (Wildman–Crippen MR) is 87.0 cm³/mol. The van der Waals surface area contributed by atoms with Crippen molar-refractivity contribution in [3.63, 3.8) is 0 Å². The van der Waals surface area contributed by atoms with Crippen molar-refractivity contribution in [1.82, 2.24) is 10.6 Å². The summed E-state index contributed by atoms with van der Waals surface area (Å²) < 4.78 is 0. The van der Waals surface area contributed by atoms with Crippen LogP contribution in [0.15, 0.2) is 30.3 Å². The maximum atomic E-state index is 12.0. The molecule has 1 atom stereocenters. The summed E-state index contributed by atoms with van der Waals surface area (Å²) in [6, 6.07) is 9.18. The van der Waals surface area contributed by atoms with Crippen molar-refractivity contribution in [2.24, 2.45) is 0 Å². The number of amides is 2. The first kappa shape index (κ1) is 18.7. The standard InChI is InChI=1S/C17H24N2O4/c1-12(2)19-15(20)8-9-18-16(21)10-14(11-17(22)23)13-6-4-3-5-7-13/h3-7,12,14H,8-11H2,1-2H3,(H,18,21)(H,19,20)(H,22,23)/t14-/m1/s1. The second kappa shape index (κ2) is 9.61. The Morgan fingerprint density at radius 3 is 2.26 bits per heavy atom. The summed E-state index contributed by atoms with van der Waals surface area (Å²) in [5, 5.41) is 14.4. The first-order valence-electron chi connectivity index (χ1n) is 7.71. The van der Waals surface area contributed by atoms with Gasteiger partial charge < -0.3 is 15.7 Å². The van der Waals surface area contributed by atoms with Gasteiger partial charge in [-0.1, -0.05) is 30.3 Å². The Balaban J connectivity index is 2.48. The zero-order valence-electron chi connectivity index (χ0n) is 13.5. The average Bonchev–Trinajstić information content (AvgIpc) is 2.46. The van der Waals surface area contributed by atoms with E-state index in [9.17, 15) is 14.4 Å². The van der Waals surface area contributed by atoms with E-state index in [1.165, 1.54) is 0 Å². The van der Waals surface area contributed by atoms with Crippen molar-refractivity contribution in [2.75, 3.05) is 6.54 Å². The normalized spacial score (nSPS) is 11.8. The number of carboxylic acid groups (broad SMARTS) is 1. The summed E-state index contributed by atoms with van der Waals surface area (Å²) in [5.74, 6) is -1.69. The van der Waals surface area contributed by atoms with Crippen molar-refractivity contribution in [3.05, 3.63) is 35.9 Å². The van der Waals surface area contributed by atoms with E-state index >= 15 is 0 Å². The number of benzene rings is 1. The molecular weight excluding hydrogens is 296 g/mol. The van der Waals surface area contributed by atoms with Crippen LogP contribution in [0.2, 0.25) is 0 Å². The van der Waals surface area contributed by atoms with Crippen LogP contribution < -0.4 is 10.6 Å². The maximum Gasteiger partial charge on any atom is 0.303 e. The zero-order chi connectivity index (χ0) is 17.2. The second-order valence-corrected chi connectivity index (χ2v) is 5.73. The molecule has 23 heavy (non-hydrogen) atoms. The monoisotopic (exact) mass is 320 g/mol. The Morgan fingerprint density at radius 1 is 1.04 bits per heavy atom. The Kier molecular flexibility index (Phi) is 7.80. The molecule has 3 N–H and O–H groups in total. The molecule has 0 radical (unpaired) electrons. The SMILES string of the molecule is CC(C)NC(=O)CCNC(=O)C[C@H](CC(=O)O)c1ccccc1. The molecule has 0 fully saturated rings. The van der Waals surface area contributed by atoms with Gasteiger partial charge in [-0.05, 0) is 19.4 Å². The van der Waals surface area contributed by atoms with Crippen LogP contribution in [-0.2, 0) is 14.4 Å². The Labute approximate surface area is 136 Å². The van der Waals surface area contributed by atoms with Gasteiger partial charge in [-0.2, -0.15) is 0 Å². The molecule has 1 rings (SSSR count). The largest absolute Gasteiger partial charge is 0.481 e. The fraction of sp³-hybridized carbons (Fsp3) is 0.471. The van der Waals surface area contributed by atoms with Crippen molar-refractivity contribution < 1.29 is 19.5 Å². The van der Waals surface area contributed by atoms with Gasteiger partial charge in [0.15, 0.2) is 0 Å². The zero-order valence-corrected chi connectivity index (χ0v) is 13.5. The van der Waals surface area contributed by atoms with Crippen LogP contribution in [-0.4, -0.2) is 35.5 Å². The van der Waals surface area contributed by atoms with E-state index in [-0.39, 0.29) is 49.6 Å². The van der Waals surface area contributed by atoms with Gasteiger partial charge in [-0.3, -0.25) is 14.4 Å². The molecular formula is C17H24N2O4. The van der Waals surface area contributed by atoms with E-state index in [2.05, 4.69) is 10.6 Å². The third kappa shape index (κ3) is 7.99. The number of hydrogen-bond donors (Lipinski definition) is 3. The van der Waals surface area contributed by atoms with Gasteiger partial charge in [0.1, 0.15) is 0 Å². The molecule has 0 unspecified atom stereocenters. The predicted octanol–water partition coefficient (Wildman–Crippen LogP) is 1.67. The molecule has 6 nitrogen and oxygen atoms in total. The van der Waals surface area contributed by atoms with Crippen molar-refractivity contribution in [1.29, 1.82) is 0 Å². The van der Waals surface area contributed by atoms with Crippen LogP contribution in [0.3, 0.4) is 0 Å². The van der Waals surface area contributed by atoms with E-state index in [1.807, 2.05) is 44.2 Å². The van der Waals surface area contributed by atoms with Gasteiger partial charge in [0.05, 0.1) is 6.42 Å². The molecule has 1 aromatic carbocycles. The Bertz CT molecular complexity index is 529. The summed E-state index contributed by atoms with van der Waals surface area (Å²) in [4.78, 5) is 34.4. The smallest absolute Gasteiger partial charge is 0.303 e. The molecule has 6 heteroatoms. The van der Waals surface area contributed by atoms with Crippen LogP contribution in [0, 0.1) is 0 Å². The summed E-state index contributed by atoms with van der Waals surface area (Å²) in [6.45, 7) is 3.98. The van der Waals surface area contributed by atoms with Crippen molar-refractivity contribution in [3.8, 4) is 0 Å². The summed E-state index contributed by atoms with van der Waals surface area (Å²) in [6.07, 6.45) is 0.187. The number of carboxylic acids is 1. The van der Waals surface area contributed by atoms with Crippen LogP contribution in [0.5, 0.6) is 0 Å². The number of hydrogen-bond acceptors (Lipinski definition) is 3. The number of carbonyl (C=O) groups excluding carboxylic acids is 2.